The Labute approximate surface area is 249 Å². The number of amides is 2. The van der Waals surface area contributed by atoms with E-state index in [0.717, 1.165) is 49.9 Å². The average Bonchev–Trinajstić information content (AvgIpc) is 2.99. The third-order valence-electron chi connectivity index (χ3n) is 7.07. The van der Waals surface area contributed by atoms with E-state index in [4.69, 9.17) is 5.26 Å². The van der Waals surface area contributed by atoms with Gasteiger partial charge >= 0.3 is 0 Å². The van der Waals surface area contributed by atoms with Crippen LogP contribution in [0.4, 0.5) is 17.5 Å². The van der Waals surface area contributed by atoms with Gasteiger partial charge in [0.1, 0.15) is 11.9 Å². The molecule has 3 N–H and O–H groups in total. The van der Waals surface area contributed by atoms with Crippen LogP contribution in [0.3, 0.4) is 0 Å². The Bertz CT molecular complexity index is 1340. The predicted molar refractivity (Wildman–Crippen MR) is 166 cm³/mol. The molecule has 1 heterocycles. The predicted octanol–water partition coefficient (Wildman–Crippen LogP) is 3.90. The lowest BCUT2D eigenvalue weighted by Gasteiger charge is -2.30. The molecule has 1 fully saturated rings. The first-order chi connectivity index (χ1) is 20.2. The highest BCUT2D eigenvalue weighted by atomic mass is 16.2. The molecule has 1 aliphatic carbocycles. The number of nitrogens with zero attached hydrogens (tertiary/aromatic N) is 5. The first kappa shape index (κ1) is 32.1. The third-order valence-corrected chi connectivity index (χ3v) is 7.07. The number of carbonyl (C=O) groups is 2. The van der Waals surface area contributed by atoms with Crippen molar-refractivity contribution in [2.24, 2.45) is 5.92 Å². The van der Waals surface area contributed by atoms with Gasteiger partial charge in [-0.3, -0.25) is 9.59 Å². The Morgan fingerprint density at radius 2 is 1.95 bits per heavy atom. The SMILES string of the molecule is CCCNc1nc(Nc2ccc(C#N)cc2)ncc1C#C[C@@H]1CCC[C@H](NC(=O)[C@H](C)N(C)C(=O)C=CCN(C)C)C1. The topological polar surface area (TPSA) is 126 Å². The fourth-order valence-corrected chi connectivity index (χ4v) is 4.47. The number of likely N-dealkylation sites (N-methyl/N-ethyl adjacent to an activating group) is 2. The van der Waals surface area contributed by atoms with Crippen LogP contribution in [0, 0.1) is 29.1 Å². The first-order valence-corrected chi connectivity index (χ1v) is 14.5. The number of anilines is 3. The van der Waals surface area contributed by atoms with E-state index in [1.165, 1.54) is 11.0 Å². The van der Waals surface area contributed by atoms with Crippen molar-refractivity contribution in [1.29, 1.82) is 5.26 Å². The molecule has 2 aromatic rings. The van der Waals surface area contributed by atoms with Crippen LogP contribution in [0.2, 0.25) is 0 Å². The van der Waals surface area contributed by atoms with Crippen molar-refractivity contribution in [3.05, 3.63) is 53.7 Å². The van der Waals surface area contributed by atoms with Crippen molar-refractivity contribution in [1.82, 2.24) is 25.1 Å². The molecule has 1 aromatic heterocycles. The van der Waals surface area contributed by atoms with Gasteiger partial charge in [-0.05, 0) is 71.0 Å². The number of nitrogens with one attached hydrogen (secondary N) is 3. The lowest BCUT2D eigenvalue weighted by atomic mass is 9.86. The molecule has 0 radical (unpaired) electrons. The van der Waals surface area contributed by atoms with Crippen molar-refractivity contribution in [2.75, 3.05) is 44.9 Å². The Morgan fingerprint density at radius 1 is 1.19 bits per heavy atom. The van der Waals surface area contributed by atoms with E-state index >= 15 is 0 Å². The number of carbonyl (C=O) groups excluding carboxylic acids is 2. The van der Waals surface area contributed by atoms with Gasteiger partial charge in [0.05, 0.1) is 23.4 Å². The summed E-state index contributed by atoms with van der Waals surface area (Å²) in [6.45, 7) is 5.24. The standard InChI is InChI=1S/C32H42N8O2/c1-6-18-34-30-26(22-35-32(38-30)37-27-16-13-25(21-33)14-17-27)15-12-24-9-7-10-28(20-24)36-31(42)23(2)40(5)29(41)11-8-19-39(3)4/h8,11,13-14,16-17,22-24,28H,6-7,9-10,18-20H2,1-5H3,(H,36,42)(H2,34,35,37,38)/t23-,24-,28-/m0/s1. The van der Waals surface area contributed by atoms with Gasteiger partial charge in [0.25, 0.3) is 0 Å². The van der Waals surface area contributed by atoms with Crippen LogP contribution < -0.4 is 16.0 Å². The minimum Gasteiger partial charge on any atom is -0.369 e. The van der Waals surface area contributed by atoms with Crippen molar-refractivity contribution in [2.45, 2.75) is 58.0 Å². The molecule has 0 saturated heterocycles. The van der Waals surface area contributed by atoms with Crippen LogP contribution in [0.1, 0.15) is 57.1 Å². The first-order valence-electron chi connectivity index (χ1n) is 14.5. The lowest BCUT2D eigenvalue weighted by molar-refractivity contribution is -0.135. The number of aromatic nitrogens is 2. The van der Waals surface area contributed by atoms with Gasteiger partial charge in [-0.15, -0.1) is 0 Å². The maximum absolute atomic E-state index is 12.9. The highest BCUT2D eigenvalue weighted by molar-refractivity contribution is 5.92. The molecule has 2 amide bonds. The zero-order chi connectivity index (χ0) is 30.5. The van der Waals surface area contributed by atoms with Gasteiger partial charge in [0, 0.05) is 43.9 Å². The smallest absolute Gasteiger partial charge is 0.246 e. The van der Waals surface area contributed by atoms with Gasteiger partial charge in [-0.2, -0.15) is 10.2 Å². The molecule has 0 bridgehead atoms. The molecule has 1 aromatic carbocycles. The van der Waals surface area contributed by atoms with Gasteiger partial charge in [0.15, 0.2) is 0 Å². The number of hydrogen-bond acceptors (Lipinski definition) is 8. The van der Waals surface area contributed by atoms with Crippen LogP contribution in [-0.2, 0) is 9.59 Å². The second-order valence-electron chi connectivity index (χ2n) is 10.8. The molecular formula is C32H42N8O2. The number of benzene rings is 1. The monoisotopic (exact) mass is 570 g/mol. The van der Waals surface area contributed by atoms with Crippen molar-refractivity contribution >= 4 is 29.3 Å². The largest absolute Gasteiger partial charge is 0.369 e. The number of nitriles is 1. The van der Waals surface area contributed by atoms with Crippen LogP contribution in [-0.4, -0.2) is 77.9 Å². The maximum atomic E-state index is 12.9. The zero-order valence-electron chi connectivity index (χ0n) is 25.3. The van der Waals surface area contributed by atoms with Crippen LogP contribution >= 0.6 is 0 Å². The summed E-state index contributed by atoms with van der Waals surface area (Å²) in [4.78, 5) is 37.9. The Kier molecular flexibility index (Phi) is 12.3. The molecule has 10 nitrogen and oxygen atoms in total. The van der Waals surface area contributed by atoms with E-state index < -0.39 is 6.04 Å². The summed E-state index contributed by atoms with van der Waals surface area (Å²) in [5.74, 6) is 7.55. The fourth-order valence-electron chi connectivity index (χ4n) is 4.47. The van der Waals surface area contributed by atoms with Gasteiger partial charge < -0.3 is 25.8 Å². The van der Waals surface area contributed by atoms with E-state index in [-0.39, 0.29) is 23.8 Å². The Morgan fingerprint density at radius 3 is 2.64 bits per heavy atom. The molecule has 0 aliphatic heterocycles. The molecular weight excluding hydrogens is 528 g/mol. The van der Waals surface area contributed by atoms with Gasteiger partial charge in [-0.25, -0.2) is 4.98 Å². The van der Waals surface area contributed by atoms with E-state index in [2.05, 4.69) is 50.8 Å². The van der Waals surface area contributed by atoms with Crippen LogP contribution in [0.15, 0.2) is 42.6 Å². The van der Waals surface area contributed by atoms with E-state index in [9.17, 15) is 9.59 Å². The number of hydrogen-bond donors (Lipinski definition) is 3. The molecule has 1 aliphatic rings. The highest BCUT2D eigenvalue weighted by Crippen LogP contribution is 2.25. The van der Waals surface area contributed by atoms with Gasteiger partial charge in [0.2, 0.25) is 17.8 Å². The van der Waals surface area contributed by atoms with Gasteiger partial charge in [-0.1, -0.05) is 31.3 Å². The zero-order valence-corrected chi connectivity index (χ0v) is 25.3. The highest BCUT2D eigenvalue weighted by Gasteiger charge is 2.26. The molecule has 0 spiro atoms. The minimum atomic E-state index is -0.575. The normalized spacial score (nSPS) is 17.1. The van der Waals surface area contributed by atoms with Crippen molar-refractivity contribution < 1.29 is 9.59 Å². The quantitative estimate of drug-likeness (QED) is 0.274. The fraction of sp³-hybridized carbons (Fsp3) is 0.469. The van der Waals surface area contributed by atoms with Crippen LogP contribution in [0.25, 0.3) is 0 Å². The van der Waals surface area contributed by atoms with Crippen LogP contribution in [0.5, 0.6) is 0 Å². The Hall–Kier alpha value is -4.41. The van der Waals surface area contributed by atoms with E-state index in [1.54, 1.807) is 38.4 Å². The number of rotatable bonds is 11. The molecule has 3 atom stereocenters. The average molecular weight is 571 g/mol. The molecule has 0 unspecified atom stereocenters. The molecule has 42 heavy (non-hydrogen) atoms. The van der Waals surface area contributed by atoms with Crippen molar-refractivity contribution in [3.8, 4) is 17.9 Å². The van der Waals surface area contributed by atoms with Crippen molar-refractivity contribution in [3.63, 3.8) is 0 Å². The lowest BCUT2D eigenvalue weighted by Crippen LogP contribution is -2.49. The summed E-state index contributed by atoms with van der Waals surface area (Å²) in [6, 6.07) is 8.64. The summed E-state index contributed by atoms with van der Waals surface area (Å²) in [7, 11) is 5.51. The summed E-state index contributed by atoms with van der Waals surface area (Å²) in [5.41, 5.74) is 2.09. The summed E-state index contributed by atoms with van der Waals surface area (Å²) in [5, 5.41) is 18.7. The summed E-state index contributed by atoms with van der Waals surface area (Å²) < 4.78 is 0. The summed E-state index contributed by atoms with van der Waals surface area (Å²) in [6.07, 6.45) is 9.52. The molecule has 3 rings (SSSR count). The van der Waals surface area contributed by atoms with E-state index in [1.807, 2.05) is 31.1 Å². The maximum Gasteiger partial charge on any atom is 0.246 e. The third kappa shape index (κ3) is 9.90. The summed E-state index contributed by atoms with van der Waals surface area (Å²) >= 11 is 0. The Balaban J connectivity index is 1.63. The molecule has 1 saturated carbocycles. The second kappa shape index (κ2) is 16.1. The molecule has 222 valence electrons. The molecule has 10 heteroatoms. The second-order valence-corrected chi connectivity index (χ2v) is 10.8. The minimum absolute atomic E-state index is 0.00807. The van der Waals surface area contributed by atoms with E-state index in [0.29, 0.717) is 23.9 Å².